The van der Waals surface area contributed by atoms with Crippen molar-refractivity contribution in [2.24, 2.45) is 0 Å². The Balaban J connectivity index is 2.04. The van der Waals surface area contributed by atoms with Crippen LogP contribution in [0.5, 0.6) is 0 Å². The van der Waals surface area contributed by atoms with Crippen LogP contribution in [-0.2, 0) is 0 Å². The zero-order valence-electron chi connectivity index (χ0n) is 10.0. The van der Waals surface area contributed by atoms with Gasteiger partial charge in [-0.05, 0) is 48.2 Å². The minimum absolute atomic E-state index is 0.0398. The third-order valence-electron chi connectivity index (χ3n) is 2.29. The number of hydrogen-bond acceptors (Lipinski definition) is 3. The van der Waals surface area contributed by atoms with Crippen molar-refractivity contribution in [2.45, 2.75) is 10.4 Å². The fraction of sp³-hybridized carbons (Fsp3) is 0.0769. The minimum Gasteiger partial charge on any atom is -0.322 e. The Hall–Kier alpha value is -2.02. The summed E-state index contributed by atoms with van der Waals surface area (Å²) in [4.78, 5) is 15.7. The van der Waals surface area contributed by atoms with Gasteiger partial charge in [-0.3, -0.25) is 9.78 Å². The van der Waals surface area contributed by atoms with Crippen molar-refractivity contribution in [3.8, 4) is 0 Å². The fourth-order valence-corrected chi connectivity index (χ4v) is 1.99. The van der Waals surface area contributed by atoms with Gasteiger partial charge >= 0.3 is 5.51 Å². The summed E-state index contributed by atoms with van der Waals surface area (Å²) < 4.78 is 36.5. The van der Waals surface area contributed by atoms with Gasteiger partial charge in [0.2, 0.25) is 0 Å². The van der Waals surface area contributed by atoms with E-state index in [1.807, 2.05) is 0 Å². The highest BCUT2D eigenvalue weighted by molar-refractivity contribution is 8.00. The van der Waals surface area contributed by atoms with Crippen LogP contribution < -0.4 is 5.32 Å². The predicted octanol–water partition coefficient (Wildman–Crippen LogP) is 3.95. The van der Waals surface area contributed by atoms with Gasteiger partial charge in [-0.1, -0.05) is 0 Å². The SMILES string of the molecule is O=C(Nc1ccncc1)c1ccc(SC(F)(F)F)cc1. The molecule has 0 unspecified atom stereocenters. The summed E-state index contributed by atoms with van der Waals surface area (Å²) in [6.45, 7) is 0. The van der Waals surface area contributed by atoms with Gasteiger partial charge < -0.3 is 5.32 Å². The van der Waals surface area contributed by atoms with Crippen LogP contribution in [0.25, 0.3) is 0 Å². The van der Waals surface area contributed by atoms with E-state index in [1.165, 1.54) is 36.7 Å². The van der Waals surface area contributed by atoms with Crippen molar-refractivity contribution in [2.75, 3.05) is 5.32 Å². The van der Waals surface area contributed by atoms with Crippen molar-refractivity contribution < 1.29 is 18.0 Å². The van der Waals surface area contributed by atoms with E-state index >= 15 is 0 Å². The number of rotatable bonds is 3. The maximum Gasteiger partial charge on any atom is 0.446 e. The number of thioether (sulfide) groups is 1. The van der Waals surface area contributed by atoms with Gasteiger partial charge in [0, 0.05) is 28.5 Å². The van der Waals surface area contributed by atoms with Crippen LogP contribution in [-0.4, -0.2) is 16.4 Å². The number of halogens is 3. The summed E-state index contributed by atoms with van der Waals surface area (Å²) in [6, 6.07) is 8.46. The van der Waals surface area contributed by atoms with E-state index in [0.717, 1.165) is 0 Å². The average molecular weight is 298 g/mol. The molecule has 104 valence electrons. The summed E-state index contributed by atoms with van der Waals surface area (Å²) in [6.07, 6.45) is 3.05. The monoisotopic (exact) mass is 298 g/mol. The number of alkyl halides is 3. The van der Waals surface area contributed by atoms with Gasteiger partial charge in [-0.15, -0.1) is 0 Å². The van der Waals surface area contributed by atoms with E-state index < -0.39 is 5.51 Å². The smallest absolute Gasteiger partial charge is 0.322 e. The first-order valence-corrected chi connectivity index (χ1v) is 6.33. The normalized spacial score (nSPS) is 11.2. The third-order valence-corrected chi connectivity index (χ3v) is 3.03. The van der Waals surface area contributed by atoms with Gasteiger partial charge in [0.05, 0.1) is 0 Å². The van der Waals surface area contributed by atoms with E-state index in [9.17, 15) is 18.0 Å². The van der Waals surface area contributed by atoms with Crippen LogP contribution in [0.4, 0.5) is 18.9 Å². The van der Waals surface area contributed by atoms with Gasteiger partial charge in [0.1, 0.15) is 0 Å². The molecule has 0 aliphatic carbocycles. The summed E-state index contributed by atoms with van der Waals surface area (Å²) in [5.41, 5.74) is -3.48. The van der Waals surface area contributed by atoms with Gasteiger partial charge in [-0.2, -0.15) is 13.2 Å². The molecule has 0 atom stereocenters. The molecule has 20 heavy (non-hydrogen) atoms. The number of aromatic nitrogens is 1. The molecule has 0 saturated heterocycles. The average Bonchev–Trinajstić information content (AvgIpc) is 2.39. The maximum absolute atomic E-state index is 12.2. The van der Waals surface area contributed by atoms with Crippen molar-refractivity contribution >= 4 is 23.4 Å². The minimum atomic E-state index is -4.33. The van der Waals surface area contributed by atoms with E-state index in [2.05, 4.69) is 10.3 Å². The molecular formula is C13H9F3N2OS. The lowest BCUT2D eigenvalue weighted by Gasteiger charge is -2.07. The largest absolute Gasteiger partial charge is 0.446 e. The van der Waals surface area contributed by atoms with E-state index in [-0.39, 0.29) is 28.1 Å². The molecule has 0 saturated carbocycles. The number of hydrogen-bond donors (Lipinski definition) is 1. The molecule has 0 spiro atoms. The summed E-state index contributed by atoms with van der Waals surface area (Å²) in [5, 5.41) is 2.62. The van der Waals surface area contributed by atoms with Crippen molar-refractivity contribution in [3.63, 3.8) is 0 Å². The van der Waals surface area contributed by atoms with Crippen LogP contribution in [0.3, 0.4) is 0 Å². The molecule has 3 nitrogen and oxygen atoms in total. The first-order chi connectivity index (χ1) is 9.44. The molecule has 0 radical (unpaired) electrons. The molecule has 2 aromatic rings. The Morgan fingerprint density at radius 2 is 1.65 bits per heavy atom. The molecule has 1 N–H and O–H groups in total. The van der Waals surface area contributed by atoms with Gasteiger partial charge in [-0.25, -0.2) is 0 Å². The molecule has 2 rings (SSSR count). The molecule has 0 aliphatic rings. The summed E-state index contributed by atoms with van der Waals surface area (Å²) in [7, 11) is 0. The highest BCUT2D eigenvalue weighted by Gasteiger charge is 2.29. The number of carbonyl (C=O) groups is 1. The molecular weight excluding hydrogens is 289 g/mol. The van der Waals surface area contributed by atoms with Crippen LogP contribution in [0.1, 0.15) is 10.4 Å². The molecule has 7 heteroatoms. The Bertz CT molecular complexity index is 585. The maximum atomic E-state index is 12.2. The molecule has 0 fully saturated rings. The zero-order valence-corrected chi connectivity index (χ0v) is 10.8. The van der Waals surface area contributed by atoms with Crippen LogP contribution >= 0.6 is 11.8 Å². The second-order valence-electron chi connectivity index (χ2n) is 3.76. The number of anilines is 1. The van der Waals surface area contributed by atoms with Gasteiger partial charge in [0.25, 0.3) is 5.91 Å². The van der Waals surface area contributed by atoms with E-state index in [0.29, 0.717) is 5.69 Å². The lowest BCUT2D eigenvalue weighted by molar-refractivity contribution is -0.0328. The topological polar surface area (TPSA) is 42.0 Å². The molecule has 1 amide bonds. The lowest BCUT2D eigenvalue weighted by Crippen LogP contribution is -2.11. The number of nitrogens with zero attached hydrogens (tertiary/aromatic N) is 1. The quantitative estimate of drug-likeness (QED) is 0.873. The standard InChI is InChI=1S/C13H9F3N2OS/c14-13(15,16)20-11-3-1-9(2-4-11)12(19)18-10-5-7-17-8-6-10/h1-8H,(H,17,18,19). The molecule has 1 heterocycles. The summed E-state index contributed by atoms with van der Waals surface area (Å²) in [5.74, 6) is -0.389. The molecule has 0 aliphatic heterocycles. The first-order valence-electron chi connectivity index (χ1n) is 5.51. The second-order valence-corrected chi connectivity index (χ2v) is 4.90. The predicted molar refractivity (Wildman–Crippen MR) is 70.5 cm³/mol. The Morgan fingerprint density at radius 3 is 2.20 bits per heavy atom. The fourth-order valence-electron chi connectivity index (χ4n) is 1.45. The first kappa shape index (κ1) is 14.4. The van der Waals surface area contributed by atoms with Gasteiger partial charge in [0.15, 0.2) is 0 Å². The third kappa shape index (κ3) is 4.27. The number of nitrogens with one attached hydrogen (secondary N) is 1. The molecule has 1 aromatic heterocycles. The van der Waals surface area contributed by atoms with E-state index in [1.54, 1.807) is 12.1 Å². The van der Waals surface area contributed by atoms with E-state index in [4.69, 9.17) is 0 Å². The van der Waals surface area contributed by atoms with Crippen LogP contribution in [0, 0.1) is 0 Å². The summed E-state index contributed by atoms with van der Waals surface area (Å²) >= 11 is -0.215. The van der Waals surface area contributed by atoms with Crippen molar-refractivity contribution in [1.29, 1.82) is 0 Å². The molecule has 1 aromatic carbocycles. The molecule has 0 bridgehead atoms. The number of pyridine rings is 1. The number of amides is 1. The van der Waals surface area contributed by atoms with Crippen molar-refractivity contribution in [3.05, 3.63) is 54.4 Å². The second kappa shape index (κ2) is 5.96. The zero-order chi connectivity index (χ0) is 14.6. The van der Waals surface area contributed by atoms with Crippen molar-refractivity contribution in [1.82, 2.24) is 4.98 Å². The Kier molecular flexibility index (Phi) is 4.29. The number of benzene rings is 1. The highest BCUT2D eigenvalue weighted by Crippen LogP contribution is 2.36. The Labute approximate surface area is 117 Å². The Morgan fingerprint density at radius 1 is 1.05 bits per heavy atom. The lowest BCUT2D eigenvalue weighted by atomic mass is 10.2. The van der Waals surface area contributed by atoms with Crippen LogP contribution in [0.15, 0.2) is 53.7 Å². The van der Waals surface area contributed by atoms with Crippen LogP contribution in [0.2, 0.25) is 0 Å². The highest BCUT2D eigenvalue weighted by atomic mass is 32.2. The number of carbonyl (C=O) groups excluding carboxylic acids is 1.